The van der Waals surface area contributed by atoms with Gasteiger partial charge in [-0.25, -0.2) is 0 Å². The smallest absolute Gasteiger partial charge is 0.294 e. The highest BCUT2D eigenvalue weighted by Gasteiger charge is 2.13. The Hall–Kier alpha value is -1.97. The predicted molar refractivity (Wildman–Crippen MR) is 89.0 cm³/mol. The number of nitro benzene ring substituents is 1. The molecule has 1 fully saturated rings. The van der Waals surface area contributed by atoms with Crippen molar-refractivity contribution >= 4 is 34.4 Å². The third-order valence-electron chi connectivity index (χ3n) is 3.30. The molecule has 0 radical (unpaired) electrons. The Morgan fingerprint density at radius 3 is 2.86 bits per heavy atom. The molecule has 1 aliphatic rings. The number of nitrogen functional groups attached to an aromatic ring is 1. The van der Waals surface area contributed by atoms with Gasteiger partial charge in [-0.3, -0.25) is 15.0 Å². The highest BCUT2D eigenvalue weighted by atomic mass is 32.1. The number of morpholine rings is 1. The molecule has 9 heteroatoms. The Kier molecular flexibility index (Phi) is 5.87. The molecule has 0 unspecified atom stereocenters. The van der Waals surface area contributed by atoms with Crippen molar-refractivity contribution in [3.63, 3.8) is 0 Å². The number of nitrogens with zero attached hydrogens (tertiary/aromatic N) is 2. The van der Waals surface area contributed by atoms with Crippen molar-refractivity contribution in [1.82, 2.24) is 10.2 Å². The van der Waals surface area contributed by atoms with Gasteiger partial charge in [0.15, 0.2) is 5.11 Å². The van der Waals surface area contributed by atoms with Crippen LogP contribution in [0.2, 0.25) is 0 Å². The van der Waals surface area contributed by atoms with Crippen molar-refractivity contribution in [2.45, 2.75) is 0 Å². The van der Waals surface area contributed by atoms with Crippen molar-refractivity contribution in [2.24, 2.45) is 0 Å². The second kappa shape index (κ2) is 7.87. The second-order valence-electron chi connectivity index (χ2n) is 4.87. The lowest BCUT2D eigenvalue weighted by atomic mass is 10.2. The fraction of sp³-hybridized carbons (Fsp3) is 0.462. The van der Waals surface area contributed by atoms with Crippen LogP contribution in [0.15, 0.2) is 18.2 Å². The highest BCUT2D eigenvalue weighted by molar-refractivity contribution is 7.80. The van der Waals surface area contributed by atoms with E-state index in [1.807, 2.05) is 0 Å². The summed E-state index contributed by atoms with van der Waals surface area (Å²) in [4.78, 5) is 12.6. The highest BCUT2D eigenvalue weighted by Crippen LogP contribution is 2.24. The van der Waals surface area contributed by atoms with Gasteiger partial charge in [-0.15, -0.1) is 0 Å². The van der Waals surface area contributed by atoms with Gasteiger partial charge in [0, 0.05) is 37.9 Å². The number of nitro groups is 1. The molecule has 1 heterocycles. The number of hydrogen-bond donors (Lipinski definition) is 3. The van der Waals surface area contributed by atoms with Crippen molar-refractivity contribution in [3.8, 4) is 0 Å². The van der Waals surface area contributed by atoms with Gasteiger partial charge >= 0.3 is 0 Å². The molecule has 1 aliphatic heterocycles. The molecule has 0 amide bonds. The zero-order valence-corrected chi connectivity index (χ0v) is 12.9. The number of thiocarbonyl (C=S) groups is 1. The maximum Gasteiger partial charge on any atom is 0.294 e. The topological polar surface area (TPSA) is 106 Å². The first-order valence-electron chi connectivity index (χ1n) is 6.95. The van der Waals surface area contributed by atoms with Gasteiger partial charge in [-0.1, -0.05) is 0 Å². The van der Waals surface area contributed by atoms with Crippen LogP contribution in [-0.4, -0.2) is 54.3 Å². The average Bonchev–Trinajstić information content (AvgIpc) is 2.50. The number of anilines is 2. The van der Waals surface area contributed by atoms with Crippen LogP contribution in [0.1, 0.15) is 0 Å². The summed E-state index contributed by atoms with van der Waals surface area (Å²) < 4.78 is 5.28. The van der Waals surface area contributed by atoms with Gasteiger partial charge in [0.2, 0.25) is 0 Å². The number of nitrogens with one attached hydrogen (secondary N) is 2. The minimum absolute atomic E-state index is 0.127. The first kappa shape index (κ1) is 16.4. The van der Waals surface area contributed by atoms with E-state index in [2.05, 4.69) is 15.5 Å². The lowest BCUT2D eigenvalue weighted by Crippen LogP contribution is -2.42. The van der Waals surface area contributed by atoms with E-state index in [9.17, 15) is 10.1 Å². The first-order chi connectivity index (χ1) is 10.6. The molecule has 1 saturated heterocycles. The van der Waals surface area contributed by atoms with Crippen LogP contribution >= 0.6 is 12.2 Å². The number of hydrogen-bond acceptors (Lipinski definition) is 6. The van der Waals surface area contributed by atoms with Crippen LogP contribution in [0.4, 0.5) is 17.1 Å². The van der Waals surface area contributed by atoms with Crippen LogP contribution in [-0.2, 0) is 4.74 Å². The summed E-state index contributed by atoms with van der Waals surface area (Å²) in [6.07, 6.45) is 0. The van der Waals surface area contributed by atoms with E-state index in [4.69, 9.17) is 22.7 Å². The summed E-state index contributed by atoms with van der Waals surface area (Å²) in [6, 6.07) is 4.50. The Bertz CT molecular complexity index is 548. The van der Waals surface area contributed by atoms with E-state index in [-0.39, 0.29) is 11.4 Å². The fourth-order valence-corrected chi connectivity index (χ4v) is 2.33. The lowest BCUT2D eigenvalue weighted by molar-refractivity contribution is -0.383. The molecule has 2 rings (SSSR count). The molecule has 8 nitrogen and oxygen atoms in total. The summed E-state index contributed by atoms with van der Waals surface area (Å²) in [5.41, 5.74) is 6.07. The van der Waals surface area contributed by atoms with E-state index in [1.165, 1.54) is 12.1 Å². The van der Waals surface area contributed by atoms with Gasteiger partial charge in [-0.05, 0) is 24.4 Å². The van der Waals surface area contributed by atoms with Gasteiger partial charge < -0.3 is 21.1 Å². The van der Waals surface area contributed by atoms with E-state index < -0.39 is 4.92 Å². The molecule has 0 saturated carbocycles. The number of nitrogens with two attached hydrogens (primary N) is 1. The van der Waals surface area contributed by atoms with Gasteiger partial charge in [0.05, 0.1) is 18.1 Å². The van der Waals surface area contributed by atoms with E-state index in [0.717, 1.165) is 32.8 Å². The number of rotatable bonds is 5. The molecule has 1 aromatic rings. The maximum atomic E-state index is 10.8. The largest absolute Gasteiger partial charge is 0.393 e. The fourth-order valence-electron chi connectivity index (χ4n) is 2.11. The standard InChI is InChI=1S/C13H19N5O3S/c14-11-2-1-10(9-12(11)18(19)20)16-13(22)15-3-4-17-5-7-21-8-6-17/h1-2,9H,3-8,14H2,(H2,15,16,22). The molecule has 0 bridgehead atoms. The van der Waals surface area contributed by atoms with Crippen LogP contribution in [0, 0.1) is 10.1 Å². The van der Waals surface area contributed by atoms with Crippen LogP contribution in [0.25, 0.3) is 0 Å². The van der Waals surface area contributed by atoms with Crippen molar-refractivity contribution in [2.75, 3.05) is 50.4 Å². The molecule has 120 valence electrons. The van der Waals surface area contributed by atoms with E-state index in [1.54, 1.807) is 6.07 Å². The predicted octanol–water partition coefficient (Wildman–Crippen LogP) is 0.796. The van der Waals surface area contributed by atoms with Crippen LogP contribution in [0.3, 0.4) is 0 Å². The molecule has 22 heavy (non-hydrogen) atoms. The summed E-state index contributed by atoms with van der Waals surface area (Å²) in [5.74, 6) is 0. The quantitative estimate of drug-likeness (QED) is 0.316. The van der Waals surface area contributed by atoms with E-state index in [0.29, 0.717) is 17.3 Å². The molecule has 0 aromatic heterocycles. The normalized spacial score (nSPS) is 15.3. The Labute approximate surface area is 133 Å². The maximum absolute atomic E-state index is 10.8. The minimum Gasteiger partial charge on any atom is -0.393 e. The zero-order valence-electron chi connectivity index (χ0n) is 12.1. The lowest BCUT2D eigenvalue weighted by Gasteiger charge is -2.26. The summed E-state index contributed by atoms with van der Waals surface area (Å²) in [6.45, 7) is 4.93. The molecule has 0 spiro atoms. The molecule has 0 atom stereocenters. The Morgan fingerprint density at radius 1 is 1.45 bits per heavy atom. The number of ether oxygens (including phenoxy) is 1. The SMILES string of the molecule is Nc1ccc(NC(=S)NCCN2CCOCC2)cc1[N+](=O)[O-]. The van der Waals surface area contributed by atoms with Gasteiger partial charge in [0.1, 0.15) is 5.69 Å². The minimum atomic E-state index is -0.518. The monoisotopic (exact) mass is 325 g/mol. The molecular weight excluding hydrogens is 306 g/mol. The Balaban J connectivity index is 1.79. The molecule has 1 aromatic carbocycles. The molecule has 4 N–H and O–H groups in total. The van der Waals surface area contributed by atoms with Crippen molar-refractivity contribution in [3.05, 3.63) is 28.3 Å². The van der Waals surface area contributed by atoms with Crippen LogP contribution in [0.5, 0.6) is 0 Å². The van der Waals surface area contributed by atoms with Crippen molar-refractivity contribution in [1.29, 1.82) is 0 Å². The summed E-state index contributed by atoms with van der Waals surface area (Å²) >= 11 is 5.18. The molecule has 0 aliphatic carbocycles. The first-order valence-corrected chi connectivity index (χ1v) is 7.36. The van der Waals surface area contributed by atoms with E-state index >= 15 is 0 Å². The van der Waals surface area contributed by atoms with Crippen molar-refractivity contribution < 1.29 is 9.66 Å². The average molecular weight is 325 g/mol. The third kappa shape index (κ3) is 4.79. The second-order valence-corrected chi connectivity index (χ2v) is 5.27. The third-order valence-corrected chi connectivity index (χ3v) is 3.55. The molecular formula is C13H19N5O3S. The van der Waals surface area contributed by atoms with Crippen LogP contribution < -0.4 is 16.4 Å². The van der Waals surface area contributed by atoms with Gasteiger partial charge in [-0.2, -0.15) is 0 Å². The zero-order chi connectivity index (χ0) is 15.9. The summed E-state index contributed by atoms with van der Waals surface area (Å²) in [7, 11) is 0. The Morgan fingerprint density at radius 2 is 2.18 bits per heavy atom. The van der Waals surface area contributed by atoms with Gasteiger partial charge in [0.25, 0.3) is 5.69 Å². The number of benzene rings is 1. The summed E-state index contributed by atoms with van der Waals surface area (Å²) in [5, 5.41) is 17.3.